The smallest absolute Gasteiger partial charge is 0.339 e. The zero-order chi connectivity index (χ0) is 21.3. The second kappa shape index (κ2) is 8.14. The quantitative estimate of drug-likeness (QED) is 0.539. The number of amides is 1. The summed E-state index contributed by atoms with van der Waals surface area (Å²) in [6, 6.07) is 10.9. The summed E-state index contributed by atoms with van der Waals surface area (Å²) in [4.78, 5) is 14.1. The molecule has 0 unspecified atom stereocenters. The van der Waals surface area contributed by atoms with Gasteiger partial charge in [-0.2, -0.15) is 8.42 Å². The molecule has 3 aromatic rings. The molecule has 1 aliphatic rings. The predicted octanol–water partition coefficient (Wildman–Crippen LogP) is 4.56. The molecule has 158 valence electrons. The highest BCUT2D eigenvalue weighted by molar-refractivity contribution is 7.87. The number of furan rings is 1. The fraction of sp³-hybridized carbons (Fsp3) is 0.348. The third-order valence-electron chi connectivity index (χ3n) is 5.57. The van der Waals surface area contributed by atoms with Crippen LogP contribution in [0.2, 0.25) is 0 Å². The first-order valence-electron chi connectivity index (χ1n) is 10.3. The number of aryl methyl sites for hydroxylation is 2. The summed E-state index contributed by atoms with van der Waals surface area (Å²) in [6.07, 6.45) is 4.05. The van der Waals surface area contributed by atoms with Crippen LogP contribution < -0.4 is 4.18 Å². The summed E-state index contributed by atoms with van der Waals surface area (Å²) in [5.74, 6) is 1.12. The van der Waals surface area contributed by atoms with Gasteiger partial charge in [0.25, 0.3) is 5.91 Å². The van der Waals surface area contributed by atoms with Crippen molar-refractivity contribution in [3.05, 3.63) is 59.4 Å². The number of hydrogen-bond acceptors (Lipinski definition) is 5. The van der Waals surface area contributed by atoms with Gasteiger partial charge in [-0.15, -0.1) is 0 Å². The highest BCUT2D eigenvalue weighted by Gasteiger charge is 2.21. The van der Waals surface area contributed by atoms with Gasteiger partial charge < -0.3 is 13.5 Å². The molecule has 0 bridgehead atoms. The van der Waals surface area contributed by atoms with Crippen LogP contribution in [0.5, 0.6) is 5.75 Å². The number of carbonyl (C=O) groups is 1. The van der Waals surface area contributed by atoms with Gasteiger partial charge in [0.05, 0.1) is 0 Å². The largest absolute Gasteiger partial charge is 0.461 e. The molecule has 0 spiro atoms. The van der Waals surface area contributed by atoms with E-state index in [-0.39, 0.29) is 16.6 Å². The van der Waals surface area contributed by atoms with Crippen molar-refractivity contribution in [1.82, 2.24) is 4.90 Å². The minimum atomic E-state index is -4.02. The summed E-state index contributed by atoms with van der Waals surface area (Å²) in [6.45, 7) is 5.00. The number of benzene rings is 2. The first-order valence-corrected chi connectivity index (χ1v) is 11.7. The van der Waals surface area contributed by atoms with E-state index in [0.717, 1.165) is 48.0 Å². The van der Waals surface area contributed by atoms with E-state index < -0.39 is 10.1 Å². The molecule has 0 N–H and O–H groups in total. The molecule has 30 heavy (non-hydrogen) atoms. The van der Waals surface area contributed by atoms with Gasteiger partial charge in [0.15, 0.2) is 0 Å². The van der Waals surface area contributed by atoms with E-state index in [4.69, 9.17) is 8.60 Å². The van der Waals surface area contributed by atoms with Crippen molar-refractivity contribution in [3.63, 3.8) is 0 Å². The van der Waals surface area contributed by atoms with Crippen molar-refractivity contribution < 1.29 is 21.8 Å². The van der Waals surface area contributed by atoms with Crippen LogP contribution in [0.4, 0.5) is 0 Å². The number of fused-ring (bicyclic) bond motifs is 3. The fourth-order valence-corrected chi connectivity index (χ4v) is 4.85. The van der Waals surface area contributed by atoms with E-state index >= 15 is 0 Å². The normalized spacial score (nSPS) is 13.8. The van der Waals surface area contributed by atoms with Crippen LogP contribution >= 0.6 is 0 Å². The minimum absolute atomic E-state index is 0.00733. The Hall–Kier alpha value is -2.80. The van der Waals surface area contributed by atoms with Crippen molar-refractivity contribution in [2.75, 3.05) is 13.1 Å². The molecular weight excluding hydrogens is 402 g/mol. The Labute approximate surface area is 176 Å². The molecule has 0 aliphatic heterocycles. The van der Waals surface area contributed by atoms with Crippen LogP contribution in [0.25, 0.3) is 11.0 Å². The summed E-state index contributed by atoms with van der Waals surface area (Å²) in [5, 5.41) is 0.914. The highest BCUT2D eigenvalue weighted by Crippen LogP contribution is 2.34. The minimum Gasteiger partial charge on any atom is -0.461 e. The molecule has 0 radical (unpaired) electrons. The molecule has 0 fully saturated rings. The Morgan fingerprint density at radius 3 is 2.43 bits per heavy atom. The number of carbonyl (C=O) groups excluding carboxylic acids is 1. The molecular formula is C23H25NO5S. The van der Waals surface area contributed by atoms with Gasteiger partial charge in [-0.1, -0.05) is 0 Å². The van der Waals surface area contributed by atoms with Crippen LogP contribution in [0.1, 0.15) is 48.4 Å². The van der Waals surface area contributed by atoms with Gasteiger partial charge in [-0.25, -0.2) is 0 Å². The Balaban J connectivity index is 1.57. The third-order valence-corrected chi connectivity index (χ3v) is 6.83. The van der Waals surface area contributed by atoms with E-state index in [1.165, 1.54) is 24.3 Å². The second-order valence-electron chi connectivity index (χ2n) is 7.41. The molecule has 1 aliphatic carbocycles. The van der Waals surface area contributed by atoms with Crippen molar-refractivity contribution in [2.24, 2.45) is 0 Å². The summed E-state index contributed by atoms with van der Waals surface area (Å²) < 4.78 is 36.8. The average Bonchev–Trinajstić information content (AvgIpc) is 3.12. The first-order chi connectivity index (χ1) is 14.4. The molecule has 6 nitrogen and oxygen atoms in total. The maximum atomic E-state index is 12.8. The van der Waals surface area contributed by atoms with Crippen molar-refractivity contribution in [3.8, 4) is 5.75 Å². The van der Waals surface area contributed by atoms with Gasteiger partial charge >= 0.3 is 10.1 Å². The lowest BCUT2D eigenvalue weighted by molar-refractivity contribution is 0.0773. The number of nitrogens with zero attached hydrogens (tertiary/aromatic N) is 1. The molecule has 1 aromatic heterocycles. The molecule has 0 atom stereocenters. The Morgan fingerprint density at radius 1 is 1.03 bits per heavy atom. The van der Waals surface area contributed by atoms with E-state index in [9.17, 15) is 13.2 Å². The van der Waals surface area contributed by atoms with Gasteiger partial charge in [0, 0.05) is 36.0 Å². The molecule has 7 heteroatoms. The monoisotopic (exact) mass is 427 g/mol. The van der Waals surface area contributed by atoms with Gasteiger partial charge in [-0.05, 0) is 75.6 Å². The van der Waals surface area contributed by atoms with Crippen molar-refractivity contribution in [1.29, 1.82) is 0 Å². The summed E-state index contributed by atoms with van der Waals surface area (Å²) in [5.41, 5.74) is 2.35. The van der Waals surface area contributed by atoms with Crippen LogP contribution in [0, 0.1) is 0 Å². The lowest BCUT2D eigenvalue weighted by Crippen LogP contribution is -2.30. The zero-order valence-electron chi connectivity index (χ0n) is 17.2. The fourth-order valence-electron chi connectivity index (χ4n) is 3.93. The van der Waals surface area contributed by atoms with Gasteiger partial charge in [0.1, 0.15) is 22.0 Å². The van der Waals surface area contributed by atoms with Crippen LogP contribution in [0.15, 0.2) is 51.8 Å². The maximum absolute atomic E-state index is 12.8. The SMILES string of the molecule is CCN(CC)C(=O)c1ccc(S(=O)(=O)Oc2ccc3oc4c(c3c2)CCCC4)cc1. The summed E-state index contributed by atoms with van der Waals surface area (Å²) in [7, 11) is -4.02. The lowest BCUT2D eigenvalue weighted by atomic mass is 9.96. The predicted molar refractivity (Wildman–Crippen MR) is 114 cm³/mol. The number of hydrogen-bond donors (Lipinski definition) is 0. The van der Waals surface area contributed by atoms with E-state index in [1.54, 1.807) is 23.1 Å². The highest BCUT2D eigenvalue weighted by atomic mass is 32.2. The van der Waals surface area contributed by atoms with Crippen LogP contribution in [-0.4, -0.2) is 32.3 Å². The molecule has 4 rings (SSSR count). The Bertz CT molecular complexity index is 1170. The lowest BCUT2D eigenvalue weighted by Gasteiger charge is -2.18. The molecule has 1 amide bonds. The topological polar surface area (TPSA) is 76.8 Å². The van der Waals surface area contributed by atoms with Gasteiger partial charge in [0.2, 0.25) is 0 Å². The average molecular weight is 428 g/mol. The Morgan fingerprint density at radius 2 is 1.73 bits per heavy atom. The standard InChI is InChI=1S/C23H25NO5S/c1-3-24(4-2)23(25)16-9-12-18(13-10-16)30(26,27)29-17-11-14-22-20(15-17)19-7-5-6-8-21(19)28-22/h9-15H,3-8H2,1-2H3. The number of rotatable bonds is 6. The molecule has 0 saturated carbocycles. The van der Waals surface area contributed by atoms with Crippen LogP contribution in [0.3, 0.4) is 0 Å². The van der Waals surface area contributed by atoms with E-state index in [0.29, 0.717) is 18.7 Å². The summed E-state index contributed by atoms with van der Waals surface area (Å²) >= 11 is 0. The second-order valence-corrected chi connectivity index (χ2v) is 8.95. The molecule has 2 aromatic carbocycles. The Kier molecular flexibility index (Phi) is 5.56. The van der Waals surface area contributed by atoms with Crippen LogP contribution in [-0.2, 0) is 23.0 Å². The van der Waals surface area contributed by atoms with Crippen molar-refractivity contribution >= 4 is 27.0 Å². The molecule has 0 saturated heterocycles. The maximum Gasteiger partial charge on any atom is 0.339 e. The third kappa shape index (κ3) is 3.81. The first kappa shape index (κ1) is 20.5. The van der Waals surface area contributed by atoms with E-state index in [1.807, 2.05) is 13.8 Å². The molecule has 1 heterocycles. The van der Waals surface area contributed by atoms with Crippen molar-refractivity contribution in [2.45, 2.75) is 44.4 Å². The zero-order valence-corrected chi connectivity index (χ0v) is 18.0. The van der Waals surface area contributed by atoms with E-state index in [2.05, 4.69) is 0 Å². The van der Waals surface area contributed by atoms with Gasteiger partial charge in [-0.3, -0.25) is 4.79 Å².